The van der Waals surface area contributed by atoms with Gasteiger partial charge in [-0.15, -0.1) is 0 Å². The molecule has 7 nitrogen and oxygen atoms in total. The maximum atomic E-state index is 12.4. The van der Waals surface area contributed by atoms with E-state index in [1.807, 2.05) is 38.1 Å². The molecule has 0 saturated heterocycles. The maximum Gasteiger partial charge on any atom is 0.286 e. The summed E-state index contributed by atoms with van der Waals surface area (Å²) in [5, 5.41) is 5.46. The van der Waals surface area contributed by atoms with E-state index >= 15 is 0 Å². The lowest BCUT2D eigenvalue weighted by atomic mass is 10.2. The van der Waals surface area contributed by atoms with Crippen LogP contribution in [0.5, 0.6) is 0 Å². The normalized spacial score (nSPS) is 10.3. The molecule has 27 heavy (non-hydrogen) atoms. The van der Waals surface area contributed by atoms with Crippen molar-refractivity contribution in [3.63, 3.8) is 0 Å². The average molecular weight is 371 g/mol. The number of rotatable bonds is 9. The highest BCUT2D eigenvalue weighted by Crippen LogP contribution is 2.13. The molecule has 0 bridgehead atoms. The molecule has 1 heterocycles. The zero-order chi connectivity index (χ0) is 19.6. The predicted molar refractivity (Wildman–Crippen MR) is 102 cm³/mol. The fourth-order valence-electron chi connectivity index (χ4n) is 2.57. The lowest BCUT2D eigenvalue weighted by molar-refractivity contribution is -0.134. The van der Waals surface area contributed by atoms with Gasteiger partial charge in [0.25, 0.3) is 5.91 Å². The molecule has 0 unspecified atom stereocenters. The van der Waals surface area contributed by atoms with Crippen molar-refractivity contribution >= 4 is 23.4 Å². The first-order chi connectivity index (χ1) is 13.0. The standard InChI is InChI=1S/C20H25N3O4/c1-3-12-23(14-18(24)22-16-8-5-4-7-15(16)2)19(25)10-11-21-20(26)17-9-6-13-27-17/h4-9,13H,3,10-12,14H2,1-2H3,(H,21,26)(H,22,24). The first-order valence-corrected chi connectivity index (χ1v) is 8.96. The van der Waals surface area contributed by atoms with Crippen LogP contribution in [0.2, 0.25) is 0 Å². The largest absolute Gasteiger partial charge is 0.459 e. The van der Waals surface area contributed by atoms with Crippen LogP contribution >= 0.6 is 0 Å². The van der Waals surface area contributed by atoms with Gasteiger partial charge in [-0.05, 0) is 37.1 Å². The van der Waals surface area contributed by atoms with Crippen LogP contribution in [0.1, 0.15) is 35.9 Å². The first kappa shape index (κ1) is 20.2. The van der Waals surface area contributed by atoms with Gasteiger partial charge in [0.15, 0.2) is 5.76 Å². The Morgan fingerprint density at radius 2 is 1.89 bits per heavy atom. The fraction of sp³-hybridized carbons (Fsp3) is 0.350. The number of nitrogens with zero attached hydrogens (tertiary/aromatic N) is 1. The van der Waals surface area contributed by atoms with Crippen LogP contribution < -0.4 is 10.6 Å². The Balaban J connectivity index is 1.83. The number of carbonyl (C=O) groups is 3. The first-order valence-electron chi connectivity index (χ1n) is 8.96. The molecule has 0 saturated carbocycles. The molecule has 0 fully saturated rings. The van der Waals surface area contributed by atoms with Crippen LogP contribution in [0.15, 0.2) is 47.1 Å². The third-order valence-corrected chi connectivity index (χ3v) is 3.97. The summed E-state index contributed by atoms with van der Waals surface area (Å²) in [7, 11) is 0. The monoisotopic (exact) mass is 371 g/mol. The minimum Gasteiger partial charge on any atom is -0.459 e. The molecule has 2 N–H and O–H groups in total. The zero-order valence-electron chi connectivity index (χ0n) is 15.7. The summed E-state index contributed by atoms with van der Waals surface area (Å²) >= 11 is 0. The number of benzene rings is 1. The van der Waals surface area contributed by atoms with Crippen molar-refractivity contribution in [2.45, 2.75) is 26.7 Å². The Morgan fingerprint density at radius 3 is 2.56 bits per heavy atom. The Kier molecular flexibility index (Phi) is 7.61. The number of amides is 3. The van der Waals surface area contributed by atoms with E-state index in [2.05, 4.69) is 10.6 Å². The number of anilines is 1. The van der Waals surface area contributed by atoms with Crippen molar-refractivity contribution in [3.05, 3.63) is 54.0 Å². The SMILES string of the molecule is CCCN(CC(=O)Nc1ccccc1C)C(=O)CCNC(=O)c1ccco1. The molecule has 0 atom stereocenters. The number of nitrogens with one attached hydrogen (secondary N) is 2. The van der Waals surface area contributed by atoms with E-state index in [9.17, 15) is 14.4 Å². The van der Waals surface area contributed by atoms with Crippen molar-refractivity contribution in [1.82, 2.24) is 10.2 Å². The van der Waals surface area contributed by atoms with E-state index in [0.717, 1.165) is 17.7 Å². The van der Waals surface area contributed by atoms with Gasteiger partial charge in [-0.2, -0.15) is 0 Å². The van der Waals surface area contributed by atoms with Gasteiger partial charge in [0.2, 0.25) is 11.8 Å². The van der Waals surface area contributed by atoms with Gasteiger partial charge in [-0.25, -0.2) is 0 Å². The second-order valence-corrected chi connectivity index (χ2v) is 6.16. The molecule has 0 radical (unpaired) electrons. The van der Waals surface area contributed by atoms with E-state index in [1.165, 1.54) is 11.2 Å². The highest BCUT2D eigenvalue weighted by molar-refractivity contribution is 5.95. The van der Waals surface area contributed by atoms with E-state index in [4.69, 9.17) is 4.42 Å². The van der Waals surface area contributed by atoms with Crippen LogP contribution in [0, 0.1) is 6.92 Å². The molecule has 144 valence electrons. The molecule has 0 aliphatic heterocycles. The minimum atomic E-state index is -0.368. The molecular weight excluding hydrogens is 346 g/mol. The number of para-hydroxylation sites is 1. The Bertz CT molecular complexity index is 771. The number of carbonyl (C=O) groups excluding carboxylic acids is 3. The van der Waals surface area contributed by atoms with Gasteiger partial charge < -0.3 is 20.0 Å². The van der Waals surface area contributed by atoms with Gasteiger partial charge in [-0.3, -0.25) is 14.4 Å². The highest BCUT2D eigenvalue weighted by Gasteiger charge is 2.17. The smallest absolute Gasteiger partial charge is 0.286 e. The number of hydrogen-bond donors (Lipinski definition) is 2. The maximum absolute atomic E-state index is 12.4. The van der Waals surface area contributed by atoms with Crippen molar-refractivity contribution in [2.75, 3.05) is 25.0 Å². The van der Waals surface area contributed by atoms with Crippen molar-refractivity contribution in [1.29, 1.82) is 0 Å². The molecule has 7 heteroatoms. The third-order valence-electron chi connectivity index (χ3n) is 3.97. The van der Waals surface area contributed by atoms with Crippen LogP contribution in [0.4, 0.5) is 5.69 Å². The van der Waals surface area contributed by atoms with Gasteiger partial charge in [0.05, 0.1) is 12.8 Å². The summed E-state index contributed by atoms with van der Waals surface area (Å²) < 4.78 is 5.00. The summed E-state index contributed by atoms with van der Waals surface area (Å²) in [4.78, 5) is 38.0. The molecule has 1 aromatic carbocycles. The van der Waals surface area contributed by atoms with E-state index < -0.39 is 0 Å². The van der Waals surface area contributed by atoms with Gasteiger partial charge in [0, 0.05) is 25.2 Å². The molecule has 0 spiro atoms. The van der Waals surface area contributed by atoms with Gasteiger partial charge in [0.1, 0.15) is 0 Å². The number of hydrogen-bond acceptors (Lipinski definition) is 4. The molecule has 2 rings (SSSR count). The zero-order valence-corrected chi connectivity index (χ0v) is 15.7. The molecule has 1 aromatic heterocycles. The topological polar surface area (TPSA) is 91.7 Å². The summed E-state index contributed by atoms with van der Waals surface area (Å²) in [6.07, 6.45) is 2.27. The van der Waals surface area contributed by atoms with Crippen molar-refractivity contribution in [2.24, 2.45) is 0 Å². The second-order valence-electron chi connectivity index (χ2n) is 6.16. The Morgan fingerprint density at radius 1 is 1.11 bits per heavy atom. The fourth-order valence-corrected chi connectivity index (χ4v) is 2.57. The molecular formula is C20H25N3O4. The Hall–Kier alpha value is -3.09. The minimum absolute atomic E-state index is 0.0207. The number of furan rings is 1. The van der Waals surface area contributed by atoms with Crippen LogP contribution in [-0.4, -0.2) is 42.3 Å². The van der Waals surface area contributed by atoms with E-state index in [1.54, 1.807) is 12.1 Å². The highest BCUT2D eigenvalue weighted by atomic mass is 16.3. The molecule has 0 aliphatic rings. The van der Waals surface area contributed by atoms with E-state index in [0.29, 0.717) is 6.54 Å². The molecule has 0 aliphatic carbocycles. The van der Waals surface area contributed by atoms with Crippen LogP contribution in [0.3, 0.4) is 0 Å². The van der Waals surface area contributed by atoms with E-state index in [-0.39, 0.29) is 43.0 Å². The average Bonchev–Trinajstić information content (AvgIpc) is 3.18. The summed E-state index contributed by atoms with van der Waals surface area (Å²) in [5.41, 5.74) is 1.69. The quantitative estimate of drug-likeness (QED) is 0.709. The predicted octanol–water partition coefficient (Wildman–Crippen LogP) is 2.59. The summed E-state index contributed by atoms with van der Waals surface area (Å²) in [5.74, 6) is -0.597. The van der Waals surface area contributed by atoms with Crippen molar-refractivity contribution in [3.8, 4) is 0 Å². The Labute approximate surface area is 158 Å². The second kappa shape index (κ2) is 10.2. The van der Waals surface area contributed by atoms with Crippen LogP contribution in [0.25, 0.3) is 0 Å². The molecule has 2 aromatic rings. The van der Waals surface area contributed by atoms with Gasteiger partial charge >= 0.3 is 0 Å². The van der Waals surface area contributed by atoms with Crippen LogP contribution in [-0.2, 0) is 9.59 Å². The molecule has 3 amide bonds. The summed E-state index contributed by atoms with van der Waals surface area (Å²) in [6.45, 7) is 4.49. The number of aryl methyl sites for hydroxylation is 1. The summed E-state index contributed by atoms with van der Waals surface area (Å²) in [6, 6.07) is 10.6. The van der Waals surface area contributed by atoms with Crippen molar-refractivity contribution < 1.29 is 18.8 Å². The lowest BCUT2D eigenvalue weighted by Gasteiger charge is -2.22. The lowest BCUT2D eigenvalue weighted by Crippen LogP contribution is -2.40. The van der Waals surface area contributed by atoms with Gasteiger partial charge in [-0.1, -0.05) is 25.1 Å². The third kappa shape index (κ3) is 6.29.